The minimum Gasteiger partial charge on any atom is -0.383 e. The zero-order valence-electron chi connectivity index (χ0n) is 8.61. The number of pyridine rings is 1. The van der Waals surface area contributed by atoms with Crippen LogP contribution in [-0.4, -0.2) is 4.98 Å². The second-order valence-corrected chi connectivity index (χ2v) is 4.26. The summed E-state index contributed by atoms with van der Waals surface area (Å²) in [6.45, 7) is 0. The van der Waals surface area contributed by atoms with Gasteiger partial charge >= 0.3 is 0 Å². The molecule has 0 fully saturated rings. The predicted octanol–water partition coefficient (Wildman–Crippen LogP) is 3.51. The van der Waals surface area contributed by atoms with E-state index in [9.17, 15) is 0 Å². The quantitative estimate of drug-likeness (QED) is 0.857. The van der Waals surface area contributed by atoms with Crippen molar-refractivity contribution < 1.29 is 0 Å². The molecule has 0 saturated carbocycles. The molecule has 1 aromatic carbocycles. The standard InChI is InChI=1S/C12H7Cl2N3/c13-9-3-8(4-10(14)5-9)11-7(6-15)1-2-17-12(11)16/h1-5H,(H2,16,17). The Hall–Kier alpha value is -1.76. The van der Waals surface area contributed by atoms with Crippen LogP contribution < -0.4 is 5.73 Å². The highest BCUT2D eigenvalue weighted by atomic mass is 35.5. The fourth-order valence-corrected chi connectivity index (χ4v) is 2.10. The number of nitrogen functional groups attached to an aromatic ring is 1. The van der Waals surface area contributed by atoms with Crippen molar-refractivity contribution in [3.63, 3.8) is 0 Å². The van der Waals surface area contributed by atoms with Crippen LogP contribution in [0.2, 0.25) is 10.0 Å². The van der Waals surface area contributed by atoms with Crippen LogP contribution in [0.25, 0.3) is 11.1 Å². The lowest BCUT2D eigenvalue weighted by molar-refractivity contribution is 1.32. The van der Waals surface area contributed by atoms with E-state index in [1.54, 1.807) is 24.3 Å². The number of hydrogen-bond donors (Lipinski definition) is 1. The lowest BCUT2D eigenvalue weighted by atomic mass is 10.0. The molecule has 0 radical (unpaired) electrons. The van der Waals surface area contributed by atoms with Gasteiger partial charge in [0.15, 0.2) is 0 Å². The van der Waals surface area contributed by atoms with E-state index >= 15 is 0 Å². The first-order valence-electron chi connectivity index (χ1n) is 4.73. The van der Waals surface area contributed by atoms with Gasteiger partial charge < -0.3 is 5.73 Å². The molecule has 0 spiro atoms. The molecule has 0 bridgehead atoms. The number of benzene rings is 1. The van der Waals surface area contributed by atoms with Crippen molar-refractivity contribution in [2.75, 3.05) is 5.73 Å². The molecule has 2 rings (SSSR count). The average Bonchev–Trinajstić information content (AvgIpc) is 2.27. The van der Waals surface area contributed by atoms with Crippen LogP contribution in [0, 0.1) is 11.3 Å². The molecule has 84 valence electrons. The molecule has 2 aromatic rings. The Bertz CT molecular complexity index is 597. The van der Waals surface area contributed by atoms with Crippen LogP contribution in [0.3, 0.4) is 0 Å². The Kier molecular flexibility index (Phi) is 3.19. The summed E-state index contributed by atoms with van der Waals surface area (Å²) in [4.78, 5) is 3.96. The normalized spacial score (nSPS) is 9.94. The minimum absolute atomic E-state index is 0.280. The molecule has 0 amide bonds. The summed E-state index contributed by atoms with van der Waals surface area (Å²) in [7, 11) is 0. The number of nitrogens with zero attached hydrogens (tertiary/aromatic N) is 2. The van der Waals surface area contributed by atoms with Crippen LogP contribution in [0.15, 0.2) is 30.5 Å². The van der Waals surface area contributed by atoms with Crippen LogP contribution in [-0.2, 0) is 0 Å². The van der Waals surface area contributed by atoms with E-state index in [2.05, 4.69) is 11.1 Å². The van der Waals surface area contributed by atoms with Gasteiger partial charge in [0, 0.05) is 21.8 Å². The maximum atomic E-state index is 9.04. The van der Waals surface area contributed by atoms with E-state index < -0.39 is 0 Å². The number of halogens is 2. The molecule has 2 N–H and O–H groups in total. The lowest BCUT2D eigenvalue weighted by Crippen LogP contribution is -1.96. The molecule has 3 nitrogen and oxygen atoms in total. The van der Waals surface area contributed by atoms with E-state index in [-0.39, 0.29) is 5.82 Å². The fourth-order valence-electron chi connectivity index (χ4n) is 1.57. The molecular formula is C12H7Cl2N3. The van der Waals surface area contributed by atoms with Gasteiger partial charge in [-0.1, -0.05) is 23.2 Å². The molecule has 1 heterocycles. The number of nitrogens with two attached hydrogens (primary N) is 1. The summed E-state index contributed by atoms with van der Waals surface area (Å²) >= 11 is 11.8. The molecule has 0 aliphatic carbocycles. The van der Waals surface area contributed by atoms with Crippen LogP contribution >= 0.6 is 23.2 Å². The van der Waals surface area contributed by atoms with E-state index in [0.717, 1.165) is 0 Å². The van der Waals surface area contributed by atoms with Crippen molar-refractivity contribution in [2.24, 2.45) is 0 Å². The smallest absolute Gasteiger partial charge is 0.132 e. The van der Waals surface area contributed by atoms with E-state index in [0.29, 0.717) is 26.7 Å². The molecule has 1 aromatic heterocycles. The van der Waals surface area contributed by atoms with E-state index in [1.165, 1.54) is 6.20 Å². The van der Waals surface area contributed by atoms with Crippen molar-refractivity contribution in [1.82, 2.24) is 4.98 Å². The zero-order valence-corrected chi connectivity index (χ0v) is 10.1. The second-order valence-electron chi connectivity index (χ2n) is 3.39. The minimum atomic E-state index is 0.280. The maximum Gasteiger partial charge on any atom is 0.132 e. The first-order chi connectivity index (χ1) is 8.11. The van der Waals surface area contributed by atoms with Crippen molar-refractivity contribution in [3.05, 3.63) is 46.1 Å². The monoisotopic (exact) mass is 263 g/mol. The largest absolute Gasteiger partial charge is 0.383 e. The summed E-state index contributed by atoms with van der Waals surface area (Å²) < 4.78 is 0. The molecule has 0 aliphatic heterocycles. The Morgan fingerprint density at radius 3 is 2.41 bits per heavy atom. The SMILES string of the molecule is N#Cc1ccnc(N)c1-c1cc(Cl)cc(Cl)c1. The first-order valence-corrected chi connectivity index (χ1v) is 5.48. The van der Waals surface area contributed by atoms with Crippen molar-refractivity contribution in [2.45, 2.75) is 0 Å². The fraction of sp³-hybridized carbons (Fsp3) is 0. The Morgan fingerprint density at radius 1 is 1.18 bits per heavy atom. The van der Waals surface area contributed by atoms with Crippen LogP contribution in [0.4, 0.5) is 5.82 Å². The predicted molar refractivity (Wildman–Crippen MR) is 68.8 cm³/mol. The summed E-state index contributed by atoms with van der Waals surface area (Å²) in [5.41, 5.74) is 7.46. The third-order valence-electron chi connectivity index (χ3n) is 2.25. The Balaban J connectivity index is 2.72. The molecule has 0 atom stereocenters. The zero-order chi connectivity index (χ0) is 12.4. The van der Waals surface area contributed by atoms with Gasteiger partial charge in [0.05, 0.1) is 11.6 Å². The Morgan fingerprint density at radius 2 is 1.82 bits per heavy atom. The molecule has 0 saturated heterocycles. The van der Waals surface area contributed by atoms with Gasteiger partial charge in [0.25, 0.3) is 0 Å². The molecule has 17 heavy (non-hydrogen) atoms. The molecule has 5 heteroatoms. The maximum absolute atomic E-state index is 9.04. The van der Waals surface area contributed by atoms with Gasteiger partial charge in [-0.15, -0.1) is 0 Å². The van der Waals surface area contributed by atoms with Crippen molar-refractivity contribution in [1.29, 1.82) is 5.26 Å². The summed E-state index contributed by atoms with van der Waals surface area (Å²) in [6.07, 6.45) is 1.49. The number of hydrogen-bond acceptors (Lipinski definition) is 3. The van der Waals surface area contributed by atoms with Gasteiger partial charge in [0.1, 0.15) is 5.82 Å². The van der Waals surface area contributed by atoms with Gasteiger partial charge in [-0.2, -0.15) is 5.26 Å². The third kappa shape index (κ3) is 2.33. The highest BCUT2D eigenvalue weighted by Crippen LogP contribution is 2.32. The number of anilines is 1. The van der Waals surface area contributed by atoms with Gasteiger partial charge in [0.2, 0.25) is 0 Å². The van der Waals surface area contributed by atoms with E-state index in [4.69, 9.17) is 34.2 Å². The second kappa shape index (κ2) is 4.62. The van der Waals surface area contributed by atoms with Gasteiger partial charge in [-0.3, -0.25) is 0 Å². The average molecular weight is 264 g/mol. The first kappa shape index (κ1) is 11.7. The lowest BCUT2D eigenvalue weighted by Gasteiger charge is -2.08. The van der Waals surface area contributed by atoms with Gasteiger partial charge in [-0.25, -0.2) is 4.98 Å². The number of nitriles is 1. The topological polar surface area (TPSA) is 62.7 Å². The number of rotatable bonds is 1. The highest BCUT2D eigenvalue weighted by molar-refractivity contribution is 6.35. The molecule has 0 unspecified atom stereocenters. The van der Waals surface area contributed by atoms with E-state index in [1.807, 2.05) is 0 Å². The van der Waals surface area contributed by atoms with Crippen molar-refractivity contribution in [3.8, 4) is 17.2 Å². The van der Waals surface area contributed by atoms with Gasteiger partial charge in [-0.05, 0) is 29.8 Å². The summed E-state index contributed by atoms with van der Waals surface area (Å²) in [5, 5.41) is 10.0. The summed E-state index contributed by atoms with van der Waals surface area (Å²) in [6, 6.07) is 8.67. The third-order valence-corrected chi connectivity index (χ3v) is 2.69. The highest BCUT2D eigenvalue weighted by Gasteiger charge is 2.11. The molecular weight excluding hydrogens is 257 g/mol. The van der Waals surface area contributed by atoms with Crippen LogP contribution in [0.1, 0.15) is 5.56 Å². The summed E-state index contributed by atoms with van der Waals surface area (Å²) in [5.74, 6) is 0.280. The van der Waals surface area contributed by atoms with Crippen LogP contribution in [0.5, 0.6) is 0 Å². The Labute approximate surface area is 108 Å². The molecule has 0 aliphatic rings. The van der Waals surface area contributed by atoms with Crippen molar-refractivity contribution >= 4 is 29.0 Å². The number of aromatic nitrogens is 1.